The maximum Gasteiger partial charge on any atom is 0.355 e. The first kappa shape index (κ1) is 68.7. The molecule has 7 aromatic rings. The number of nitrogens with one attached hydrogen (secondary N) is 2. The molecule has 0 bridgehead atoms. The fraction of sp³-hybridized carbons (Fsp3) is 0.254. The van der Waals surface area contributed by atoms with Crippen LogP contribution >= 0.6 is 46.0 Å². The van der Waals surface area contributed by atoms with Gasteiger partial charge >= 0.3 is 11.9 Å². The van der Waals surface area contributed by atoms with Gasteiger partial charge in [-0.1, -0.05) is 215 Å². The minimum atomic E-state index is -1.71. The third-order valence-corrected chi connectivity index (χ3v) is 18.5. The maximum absolute atomic E-state index is 15.4. The summed E-state index contributed by atoms with van der Waals surface area (Å²) in [5.74, 6) is -1.23. The molecule has 0 radical (unpaired) electrons. The highest BCUT2D eigenvalue weighted by atomic mass is 127. The zero-order chi connectivity index (χ0) is 65.7. The summed E-state index contributed by atoms with van der Waals surface area (Å²) < 4.78 is 57.1. The van der Waals surface area contributed by atoms with E-state index in [9.17, 15) is 14.4 Å². The molecule has 23 heteroatoms. The lowest BCUT2D eigenvalue weighted by molar-refractivity contribution is -0.161. The Hall–Kier alpha value is -8.17. The SMILES string of the molecule is COCCOCOc1cc(Cl)c(C(ON=S2C=C(CC(=O)N[C@@H]3C(=O)N4C(C(=O)OCc5ccc(OC)cc5)=C(/C=C\CI)CSC34)NC2=NC(c2ccccc2)(c2ccccc2)c2ccccc2)C(=O)OC(c2ccccc2)c2ccccc2)cc1OCOCCOC. The minimum absolute atomic E-state index is 0.0141. The molecule has 7 aromatic carbocycles. The summed E-state index contributed by atoms with van der Waals surface area (Å²) in [4.78, 5) is 72.1. The van der Waals surface area contributed by atoms with Gasteiger partial charge in [0.1, 0.15) is 35.0 Å². The Morgan fingerprint density at radius 2 is 1.31 bits per heavy atom. The molecule has 0 aliphatic carbocycles. The highest BCUT2D eigenvalue weighted by Crippen LogP contribution is 2.44. The molecule has 0 saturated carbocycles. The number of fused-ring (bicyclic) bond motifs is 1. The third kappa shape index (κ3) is 17.0. The Balaban J connectivity index is 1.03. The van der Waals surface area contributed by atoms with Gasteiger partial charge in [0.15, 0.2) is 36.4 Å². The quantitative estimate of drug-likeness (QED) is 0.00586. The highest BCUT2D eigenvalue weighted by molar-refractivity contribution is 14.1. The van der Waals surface area contributed by atoms with Crippen LogP contribution in [0.25, 0.3) is 0 Å². The van der Waals surface area contributed by atoms with Crippen LogP contribution in [0.15, 0.2) is 232 Å². The average molecular weight is 1440 g/mol. The molecule has 0 aromatic heterocycles. The van der Waals surface area contributed by atoms with E-state index in [0.29, 0.717) is 51.5 Å². The molecule has 1 saturated heterocycles. The normalized spacial score (nSPS) is 16.9. The fourth-order valence-corrected chi connectivity index (χ4v) is 13.6. The van der Waals surface area contributed by atoms with Gasteiger partial charge in [0.05, 0.1) is 45.0 Å². The monoisotopic (exact) mass is 1440 g/mol. The Morgan fingerprint density at radius 1 is 0.755 bits per heavy atom. The number of aliphatic imine (C=N–C) groups is 1. The van der Waals surface area contributed by atoms with E-state index in [1.807, 2.05) is 164 Å². The molecule has 3 aliphatic heterocycles. The topological polar surface area (TPSA) is 213 Å². The number of amides is 2. The number of β-lactam (4-membered cyclic amide) rings is 1. The number of ether oxygens (including phenoxy) is 9. The van der Waals surface area contributed by atoms with Crippen LogP contribution in [0.5, 0.6) is 17.2 Å². The molecule has 94 heavy (non-hydrogen) atoms. The van der Waals surface area contributed by atoms with Gasteiger partial charge in [-0.3, -0.25) is 14.5 Å². The molecule has 3 aliphatic rings. The molecule has 2 N–H and O–H groups in total. The van der Waals surface area contributed by atoms with Gasteiger partial charge in [0.25, 0.3) is 5.91 Å². The van der Waals surface area contributed by atoms with Crippen LogP contribution in [0.2, 0.25) is 5.02 Å². The number of carbonyl (C=O) groups excluding carboxylic acids is 4. The lowest BCUT2D eigenvalue weighted by atomic mass is 9.77. The standard InChI is InChI=1S/C71H69ClIN5O14S2/c1-83-36-38-86-46-89-59-41-57(58(72)42-60(59)90-47-87-39-37-84-2)65(69(82)91-64(49-20-9-4-10-21-49)50-22-11-5-12-23-50)92-77-94-45-55(74-70(94)76-71(52-25-13-6-14-26-52,53-27-15-7-16-28-53)54-29-17-8-18-30-54)40-61(79)75-62-66(80)78-63(51(24-19-35-73)44-93-67(62)78)68(81)88-43-48-31-33-56(85-3)34-32-48/h4-34,41-42,45,62,64-65,67H,35-40,43-44,46-47H2,1-3H3,(H,74,76)(H,75,79)/b24-19-/t62-,65?,67?,94?/m1/s1. The molecule has 488 valence electrons. The molecule has 0 spiro atoms. The molecule has 2 amide bonds. The van der Waals surface area contributed by atoms with Crippen molar-refractivity contribution in [3.05, 3.63) is 267 Å². The fourth-order valence-electron chi connectivity index (χ4n) is 10.5. The highest BCUT2D eigenvalue weighted by Gasteiger charge is 2.54. The number of methoxy groups -OCH3 is 3. The van der Waals surface area contributed by atoms with Crippen molar-refractivity contribution >= 4 is 85.6 Å². The van der Waals surface area contributed by atoms with Crippen molar-refractivity contribution in [2.75, 3.05) is 71.5 Å². The average Bonchev–Trinajstić information content (AvgIpc) is 0.752. The van der Waals surface area contributed by atoms with Crippen molar-refractivity contribution in [1.29, 1.82) is 0 Å². The van der Waals surface area contributed by atoms with E-state index in [0.717, 1.165) is 22.3 Å². The smallest absolute Gasteiger partial charge is 0.355 e. The van der Waals surface area contributed by atoms with Crippen molar-refractivity contribution in [2.45, 2.75) is 42.2 Å². The number of hydrogen-bond donors (Lipinski definition) is 2. The van der Waals surface area contributed by atoms with E-state index in [1.165, 1.54) is 28.8 Å². The largest absolute Gasteiger partial charge is 0.497 e. The summed E-state index contributed by atoms with van der Waals surface area (Å²) >= 11 is 10.9. The first-order chi connectivity index (χ1) is 46.0. The van der Waals surface area contributed by atoms with Gasteiger partial charge in [-0.2, -0.15) is 0 Å². The number of esters is 2. The van der Waals surface area contributed by atoms with Gasteiger partial charge in [-0.05, 0) is 57.2 Å². The Bertz CT molecular complexity index is 3740. The number of thioether (sulfide) groups is 1. The maximum atomic E-state index is 15.4. The van der Waals surface area contributed by atoms with E-state index < -0.39 is 63.6 Å². The molecule has 4 atom stereocenters. The third-order valence-electron chi connectivity index (χ3n) is 15.0. The van der Waals surface area contributed by atoms with Gasteiger partial charge in [-0.25, -0.2) is 19.4 Å². The molecule has 10 rings (SSSR count). The lowest BCUT2D eigenvalue weighted by Gasteiger charge is -2.49. The summed E-state index contributed by atoms with van der Waals surface area (Å²) in [5.41, 5.74) is 4.41. The van der Waals surface area contributed by atoms with Crippen LogP contribution in [0.1, 0.15) is 57.6 Å². The van der Waals surface area contributed by atoms with Crippen LogP contribution in [-0.2, 0) is 75.3 Å². The van der Waals surface area contributed by atoms with Crippen LogP contribution in [0, 0.1) is 0 Å². The first-order valence-corrected chi connectivity index (χ1v) is 34.1. The number of halogens is 2. The van der Waals surface area contributed by atoms with Crippen LogP contribution in [-0.4, -0.2) is 117 Å². The number of carbonyl (C=O) groups is 4. The number of amidine groups is 1. The van der Waals surface area contributed by atoms with Crippen molar-refractivity contribution < 1.29 is 66.6 Å². The summed E-state index contributed by atoms with van der Waals surface area (Å²) in [6.45, 7) is 0.571. The van der Waals surface area contributed by atoms with E-state index in [1.54, 1.807) is 51.0 Å². The molecule has 3 unspecified atom stereocenters. The zero-order valence-corrected chi connectivity index (χ0v) is 56.2. The molecule has 19 nitrogen and oxygen atoms in total. The number of hydrogen-bond acceptors (Lipinski definition) is 17. The molecule has 3 heterocycles. The lowest BCUT2D eigenvalue weighted by Crippen LogP contribution is -2.70. The van der Waals surface area contributed by atoms with Crippen molar-refractivity contribution in [3.8, 4) is 17.2 Å². The van der Waals surface area contributed by atoms with Crippen molar-refractivity contribution in [1.82, 2.24) is 15.5 Å². The Kier molecular flexibility index (Phi) is 25.1. The van der Waals surface area contributed by atoms with Crippen molar-refractivity contribution in [2.24, 2.45) is 9.52 Å². The molecule has 1 fully saturated rings. The Morgan fingerprint density at radius 3 is 1.85 bits per heavy atom. The molecular weight excluding hydrogens is 1370 g/mol. The van der Waals surface area contributed by atoms with Crippen LogP contribution in [0.4, 0.5) is 0 Å². The van der Waals surface area contributed by atoms with E-state index in [2.05, 4.69) is 33.2 Å². The first-order valence-electron chi connectivity index (χ1n) is 29.9. The summed E-state index contributed by atoms with van der Waals surface area (Å²) in [5, 5.41) is 7.76. The van der Waals surface area contributed by atoms with Crippen LogP contribution in [0.3, 0.4) is 0 Å². The molecular formula is C71H69ClIN5O14S2. The number of nitrogens with zero attached hydrogens (tertiary/aromatic N) is 3. The van der Waals surface area contributed by atoms with Crippen LogP contribution < -0.4 is 24.8 Å². The van der Waals surface area contributed by atoms with Crippen molar-refractivity contribution in [3.63, 3.8) is 0 Å². The summed E-state index contributed by atoms with van der Waals surface area (Å²) in [6, 6.07) is 57.0. The predicted molar refractivity (Wildman–Crippen MR) is 368 cm³/mol. The second-order valence-corrected chi connectivity index (χ2v) is 24.9. The van der Waals surface area contributed by atoms with E-state index in [-0.39, 0.29) is 72.8 Å². The number of rotatable bonds is 32. The number of benzene rings is 7. The Labute approximate surface area is 570 Å². The van der Waals surface area contributed by atoms with Gasteiger partial charge in [-0.15, -0.1) is 11.8 Å². The zero-order valence-electron chi connectivity index (χ0n) is 51.6. The summed E-state index contributed by atoms with van der Waals surface area (Å²) in [7, 11) is 3.11. The van der Waals surface area contributed by atoms with E-state index in [4.69, 9.17) is 68.6 Å². The minimum Gasteiger partial charge on any atom is -0.497 e. The second kappa shape index (κ2) is 34.3. The number of allylic oxidation sites excluding steroid dienone is 2. The number of alkyl halides is 1. The van der Waals surface area contributed by atoms with Gasteiger partial charge < -0.3 is 53.3 Å². The summed E-state index contributed by atoms with van der Waals surface area (Å²) in [6.07, 6.45) is 0.811. The van der Waals surface area contributed by atoms with Gasteiger partial charge in [0, 0.05) is 57.8 Å². The van der Waals surface area contributed by atoms with Gasteiger partial charge in [0.2, 0.25) is 12.0 Å². The predicted octanol–water partition coefficient (Wildman–Crippen LogP) is 12.0. The second-order valence-electron chi connectivity index (χ2n) is 21.1. The van der Waals surface area contributed by atoms with E-state index >= 15 is 4.79 Å².